The van der Waals surface area contributed by atoms with Crippen molar-refractivity contribution in [3.63, 3.8) is 0 Å². The second-order valence-electron chi connectivity index (χ2n) is 3.85. The van der Waals surface area contributed by atoms with E-state index in [1.165, 1.54) is 7.05 Å². The maximum Gasteiger partial charge on any atom is 0.255 e. The molecule has 1 aromatic rings. The minimum Gasteiger partial charge on any atom is -0.343 e. The van der Waals surface area contributed by atoms with E-state index in [9.17, 15) is 18.4 Å². The first-order valence-electron chi connectivity index (χ1n) is 5.46. The van der Waals surface area contributed by atoms with Crippen molar-refractivity contribution >= 4 is 27.7 Å². The van der Waals surface area contributed by atoms with Crippen LogP contribution in [0.4, 0.5) is 8.78 Å². The first-order valence-corrected chi connectivity index (χ1v) is 6.25. The van der Waals surface area contributed by atoms with Crippen molar-refractivity contribution < 1.29 is 18.4 Å². The topological polar surface area (TPSA) is 49.4 Å². The first-order chi connectivity index (χ1) is 8.90. The summed E-state index contributed by atoms with van der Waals surface area (Å²) in [5.41, 5.74) is 0.396. The predicted molar refractivity (Wildman–Crippen MR) is 70.1 cm³/mol. The summed E-state index contributed by atoms with van der Waals surface area (Å²) < 4.78 is 25.0. The summed E-state index contributed by atoms with van der Waals surface area (Å²) in [5.74, 6) is -0.989. The summed E-state index contributed by atoms with van der Waals surface area (Å²) in [5, 5.41) is 2.38. The van der Waals surface area contributed by atoms with Gasteiger partial charge in [-0.3, -0.25) is 9.59 Å². The number of hydrogen-bond donors (Lipinski definition) is 1. The van der Waals surface area contributed by atoms with E-state index in [4.69, 9.17) is 0 Å². The third kappa shape index (κ3) is 5.34. The highest BCUT2D eigenvalue weighted by atomic mass is 79.9. The Hall–Kier alpha value is -1.50. The van der Waals surface area contributed by atoms with Crippen LogP contribution in [0, 0.1) is 0 Å². The van der Waals surface area contributed by atoms with Gasteiger partial charge in [-0.15, -0.1) is 0 Å². The van der Waals surface area contributed by atoms with Gasteiger partial charge >= 0.3 is 0 Å². The maximum absolute atomic E-state index is 12.1. The number of halogens is 3. The lowest BCUT2D eigenvalue weighted by molar-refractivity contribution is -0.130. The number of benzene rings is 1. The average molecular weight is 335 g/mol. The Morgan fingerprint density at radius 2 is 1.89 bits per heavy atom. The molecule has 0 spiro atoms. The SMILES string of the molecule is CN(CC(F)F)C(=O)CNC(=O)c1ccc(Br)cc1. The van der Waals surface area contributed by atoms with Crippen molar-refractivity contribution in [2.45, 2.75) is 6.43 Å². The van der Waals surface area contributed by atoms with Crippen LogP contribution in [-0.4, -0.2) is 43.3 Å². The van der Waals surface area contributed by atoms with Gasteiger partial charge in [-0.2, -0.15) is 0 Å². The molecule has 0 radical (unpaired) electrons. The van der Waals surface area contributed by atoms with Gasteiger partial charge in [0, 0.05) is 17.1 Å². The Labute approximate surface area is 117 Å². The molecule has 0 saturated carbocycles. The molecule has 104 valence electrons. The van der Waals surface area contributed by atoms with Gasteiger partial charge < -0.3 is 10.2 Å². The molecule has 4 nitrogen and oxygen atoms in total. The first kappa shape index (κ1) is 15.6. The molecule has 19 heavy (non-hydrogen) atoms. The van der Waals surface area contributed by atoms with Crippen molar-refractivity contribution in [1.29, 1.82) is 0 Å². The third-order valence-electron chi connectivity index (χ3n) is 2.34. The molecule has 0 fully saturated rings. The Balaban J connectivity index is 2.46. The van der Waals surface area contributed by atoms with E-state index in [0.29, 0.717) is 5.56 Å². The molecule has 2 amide bonds. The van der Waals surface area contributed by atoms with Gasteiger partial charge in [-0.1, -0.05) is 15.9 Å². The maximum atomic E-state index is 12.1. The summed E-state index contributed by atoms with van der Waals surface area (Å²) >= 11 is 3.24. The van der Waals surface area contributed by atoms with Crippen molar-refractivity contribution in [3.8, 4) is 0 Å². The molecule has 0 bridgehead atoms. The number of likely N-dealkylation sites (N-methyl/N-ethyl adjacent to an activating group) is 1. The second-order valence-corrected chi connectivity index (χ2v) is 4.77. The van der Waals surface area contributed by atoms with Crippen LogP contribution in [0.3, 0.4) is 0 Å². The van der Waals surface area contributed by atoms with E-state index in [2.05, 4.69) is 21.2 Å². The zero-order valence-corrected chi connectivity index (χ0v) is 11.8. The van der Waals surface area contributed by atoms with Crippen molar-refractivity contribution in [2.75, 3.05) is 20.1 Å². The molecule has 1 rings (SSSR count). The Morgan fingerprint density at radius 3 is 2.42 bits per heavy atom. The van der Waals surface area contributed by atoms with Crippen LogP contribution in [0.5, 0.6) is 0 Å². The summed E-state index contributed by atoms with van der Waals surface area (Å²) in [6.07, 6.45) is -2.59. The number of amides is 2. The molecule has 1 N–H and O–H groups in total. The molecule has 0 aliphatic carbocycles. The molecule has 1 aromatic carbocycles. The molecular weight excluding hydrogens is 322 g/mol. The lowest BCUT2D eigenvalue weighted by atomic mass is 10.2. The van der Waals surface area contributed by atoms with Crippen LogP contribution < -0.4 is 5.32 Å². The van der Waals surface area contributed by atoms with Crippen LogP contribution in [0.25, 0.3) is 0 Å². The van der Waals surface area contributed by atoms with Crippen molar-refractivity contribution in [1.82, 2.24) is 10.2 Å². The number of carbonyl (C=O) groups excluding carboxylic acids is 2. The number of hydrogen-bond acceptors (Lipinski definition) is 2. The van der Waals surface area contributed by atoms with Crippen molar-refractivity contribution in [3.05, 3.63) is 34.3 Å². The third-order valence-corrected chi connectivity index (χ3v) is 2.87. The quantitative estimate of drug-likeness (QED) is 0.894. The van der Waals surface area contributed by atoms with Crippen LogP contribution in [0.15, 0.2) is 28.7 Å². The highest BCUT2D eigenvalue weighted by Gasteiger charge is 2.15. The molecular formula is C12H13BrF2N2O2. The number of nitrogens with one attached hydrogen (secondary N) is 1. The summed E-state index contributed by atoms with van der Waals surface area (Å²) in [7, 11) is 1.26. The molecule has 0 aromatic heterocycles. The van der Waals surface area contributed by atoms with Gasteiger partial charge in [-0.25, -0.2) is 8.78 Å². The lowest BCUT2D eigenvalue weighted by Crippen LogP contribution is -2.40. The monoisotopic (exact) mass is 334 g/mol. The van der Waals surface area contributed by atoms with Crippen LogP contribution >= 0.6 is 15.9 Å². The lowest BCUT2D eigenvalue weighted by Gasteiger charge is -2.16. The number of nitrogens with zero attached hydrogens (tertiary/aromatic N) is 1. The van der Waals surface area contributed by atoms with Gasteiger partial charge in [0.1, 0.15) is 0 Å². The highest BCUT2D eigenvalue weighted by Crippen LogP contribution is 2.10. The van der Waals surface area contributed by atoms with E-state index in [1.54, 1.807) is 24.3 Å². The van der Waals surface area contributed by atoms with E-state index < -0.39 is 24.8 Å². The molecule has 7 heteroatoms. The highest BCUT2D eigenvalue weighted by molar-refractivity contribution is 9.10. The minimum atomic E-state index is -2.59. The standard InChI is InChI=1S/C12H13BrF2N2O2/c1-17(7-10(14)15)11(18)6-16-12(19)8-2-4-9(13)5-3-8/h2-5,10H,6-7H2,1H3,(H,16,19). The Bertz CT molecular complexity index is 452. The van der Waals surface area contributed by atoms with Gasteiger partial charge in [0.15, 0.2) is 0 Å². The van der Waals surface area contributed by atoms with Crippen LogP contribution in [-0.2, 0) is 4.79 Å². The van der Waals surface area contributed by atoms with E-state index >= 15 is 0 Å². The van der Waals surface area contributed by atoms with E-state index in [1.807, 2.05) is 0 Å². The van der Waals surface area contributed by atoms with Gasteiger partial charge in [-0.05, 0) is 24.3 Å². The molecule has 0 heterocycles. The van der Waals surface area contributed by atoms with Crippen LogP contribution in [0.1, 0.15) is 10.4 Å². The molecule has 0 unspecified atom stereocenters. The fraction of sp³-hybridized carbons (Fsp3) is 0.333. The zero-order valence-electron chi connectivity index (χ0n) is 10.2. The van der Waals surface area contributed by atoms with Crippen LogP contribution in [0.2, 0.25) is 0 Å². The fourth-order valence-corrected chi connectivity index (χ4v) is 1.57. The molecule has 0 aliphatic rings. The zero-order chi connectivity index (χ0) is 14.4. The molecule has 0 aliphatic heterocycles. The minimum absolute atomic E-state index is 0.307. The fourth-order valence-electron chi connectivity index (χ4n) is 1.30. The van der Waals surface area contributed by atoms with Gasteiger partial charge in [0.25, 0.3) is 12.3 Å². The second kappa shape index (κ2) is 7.18. The summed E-state index contributed by atoms with van der Waals surface area (Å²) in [6.45, 7) is -0.953. The Morgan fingerprint density at radius 1 is 1.32 bits per heavy atom. The number of carbonyl (C=O) groups is 2. The van der Waals surface area contributed by atoms with E-state index in [-0.39, 0.29) is 6.54 Å². The number of rotatable bonds is 5. The molecule has 0 saturated heterocycles. The average Bonchev–Trinajstić information content (AvgIpc) is 2.35. The largest absolute Gasteiger partial charge is 0.343 e. The number of alkyl halides is 2. The van der Waals surface area contributed by atoms with E-state index in [0.717, 1.165) is 9.37 Å². The summed E-state index contributed by atoms with van der Waals surface area (Å²) in [6, 6.07) is 6.57. The van der Waals surface area contributed by atoms with Gasteiger partial charge in [0.05, 0.1) is 13.1 Å². The Kier molecular flexibility index (Phi) is 5.88. The van der Waals surface area contributed by atoms with Crippen molar-refractivity contribution in [2.24, 2.45) is 0 Å². The summed E-state index contributed by atoms with van der Waals surface area (Å²) in [4.78, 5) is 24.0. The predicted octanol–water partition coefficient (Wildman–Crippen LogP) is 1.90. The smallest absolute Gasteiger partial charge is 0.255 e. The van der Waals surface area contributed by atoms with Gasteiger partial charge in [0.2, 0.25) is 5.91 Å². The molecule has 0 atom stereocenters. The normalized spacial score (nSPS) is 10.4.